The van der Waals surface area contributed by atoms with E-state index in [2.05, 4.69) is 23.6 Å². The van der Waals surface area contributed by atoms with Crippen LogP contribution in [0.4, 0.5) is 0 Å². The van der Waals surface area contributed by atoms with E-state index in [4.69, 9.17) is 5.73 Å². The van der Waals surface area contributed by atoms with Crippen LogP contribution in [0.25, 0.3) is 0 Å². The van der Waals surface area contributed by atoms with E-state index in [1.54, 1.807) is 16.2 Å². The van der Waals surface area contributed by atoms with Crippen molar-refractivity contribution in [1.82, 2.24) is 0 Å². The first-order valence-electron chi connectivity index (χ1n) is 5.80. The van der Waals surface area contributed by atoms with E-state index in [9.17, 15) is 0 Å². The summed E-state index contributed by atoms with van der Waals surface area (Å²) in [5.41, 5.74) is 7.84. The number of thioether (sulfide) groups is 1. The molecule has 1 nitrogen and oxygen atoms in total. The van der Waals surface area contributed by atoms with Gasteiger partial charge in [-0.05, 0) is 35.2 Å². The molecule has 2 aromatic rings. The van der Waals surface area contributed by atoms with Crippen molar-refractivity contribution in [2.24, 2.45) is 5.73 Å². The summed E-state index contributed by atoms with van der Waals surface area (Å²) in [5, 5.41) is 2.12. The molecule has 1 atom stereocenters. The second-order valence-electron chi connectivity index (χ2n) is 4.29. The Balaban J connectivity index is 1.77. The summed E-state index contributed by atoms with van der Waals surface area (Å²) in [7, 11) is 0. The molecule has 0 bridgehead atoms. The largest absolute Gasteiger partial charge is 0.323 e. The van der Waals surface area contributed by atoms with Crippen molar-refractivity contribution in [3.05, 3.63) is 43.8 Å². The van der Waals surface area contributed by atoms with Gasteiger partial charge in [0, 0.05) is 32.8 Å². The van der Waals surface area contributed by atoms with Crippen LogP contribution in [-0.4, -0.2) is 5.75 Å². The minimum Gasteiger partial charge on any atom is -0.323 e. The Labute approximate surface area is 114 Å². The van der Waals surface area contributed by atoms with Crippen molar-refractivity contribution in [1.29, 1.82) is 0 Å². The van der Waals surface area contributed by atoms with Gasteiger partial charge < -0.3 is 5.73 Å². The van der Waals surface area contributed by atoms with Crippen LogP contribution in [0.1, 0.15) is 26.2 Å². The zero-order valence-corrected chi connectivity index (χ0v) is 12.0. The third-order valence-electron chi connectivity index (χ3n) is 3.01. The van der Waals surface area contributed by atoms with Crippen LogP contribution in [0.3, 0.4) is 0 Å². The van der Waals surface area contributed by atoms with Crippen molar-refractivity contribution >= 4 is 34.4 Å². The molecular weight excluding hydrogens is 266 g/mol. The maximum Gasteiger partial charge on any atom is 0.0438 e. The van der Waals surface area contributed by atoms with E-state index in [1.807, 2.05) is 23.1 Å². The average Bonchev–Trinajstić information content (AvgIpc) is 2.96. The lowest BCUT2D eigenvalue weighted by molar-refractivity contribution is 0.745. The number of fused-ring (bicyclic) bond motifs is 1. The Morgan fingerprint density at radius 1 is 1.41 bits per heavy atom. The SMILES string of the molecule is NC(Cc1cccs1)c1cc2c(s1)CCSC2. The summed E-state index contributed by atoms with van der Waals surface area (Å²) >= 11 is 5.77. The first-order valence-corrected chi connectivity index (χ1v) is 8.65. The third-order valence-corrected chi connectivity index (χ3v) is 6.29. The van der Waals surface area contributed by atoms with E-state index in [-0.39, 0.29) is 6.04 Å². The highest BCUT2D eigenvalue weighted by molar-refractivity contribution is 7.98. The zero-order valence-electron chi connectivity index (χ0n) is 9.52. The molecule has 1 aliphatic rings. The van der Waals surface area contributed by atoms with Gasteiger partial charge in [-0.15, -0.1) is 22.7 Å². The fourth-order valence-corrected chi connectivity index (χ4v) is 5.24. The molecule has 17 heavy (non-hydrogen) atoms. The molecule has 0 aromatic carbocycles. The number of nitrogens with two attached hydrogens (primary N) is 1. The van der Waals surface area contributed by atoms with Crippen LogP contribution < -0.4 is 5.73 Å². The van der Waals surface area contributed by atoms with Crippen molar-refractivity contribution in [2.75, 3.05) is 5.75 Å². The topological polar surface area (TPSA) is 26.0 Å². The van der Waals surface area contributed by atoms with Gasteiger partial charge >= 0.3 is 0 Å². The Kier molecular flexibility index (Phi) is 3.56. The highest BCUT2D eigenvalue weighted by Crippen LogP contribution is 2.34. The molecule has 3 heterocycles. The number of aryl methyl sites for hydroxylation is 1. The molecule has 0 saturated heterocycles. The number of thiophene rings is 2. The van der Waals surface area contributed by atoms with E-state index in [0.717, 1.165) is 6.42 Å². The maximum absolute atomic E-state index is 6.31. The number of hydrogen-bond acceptors (Lipinski definition) is 4. The molecule has 90 valence electrons. The van der Waals surface area contributed by atoms with Gasteiger partial charge in [0.05, 0.1) is 0 Å². The van der Waals surface area contributed by atoms with Crippen LogP contribution in [-0.2, 0) is 18.6 Å². The standard InChI is InChI=1S/C13H15NS3/c14-11(7-10-2-1-4-16-10)13-6-9-8-15-5-3-12(9)17-13/h1-2,4,6,11H,3,5,7-8,14H2. The Hall–Kier alpha value is -0.290. The fourth-order valence-electron chi connectivity index (χ4n) is 2.10. The predicted molar refractivity (Wildman–Crippen MR) is 79.1 cm³/mol. The molecule has 0 spiro atoms. The Morgan fingerprint density at radius 2 is 2.35 bits per heavy atom. The van der Waals surface area contributed by atoms with Crippen LogP contribution in [0.2, 0.25) is 0 Å². The lowest BCUT2D eigenvalue weighted by Crippen LogP contribution is -2.10. The summed E-state index contributed by atoms with van der Waals surface area (Å²) in [6.07, 6.45) is 2.21. The van der Waals surface area contributed by atoms with Crippen molar-refractivity contribution < 1.29 is 0 Å². The Morgan fingerprint density at radius 3 is 3.12 bits per heavy atom. The van der Waals surface area contributed by atoms with Gasteiger partial charge in [0.1, 0.15) is 0 Å². The lowest BCUT2D eigenvalue weighted by Gasteiger charge is -2.08. The van der Waals surface area contributed by atoms with Gasteiger partial charge in [-0.1, -0.05) is 6.07 Å². The minimum absolute atomic E-state index is 0.175. The smallest absolute Gasteiger partial charge is 0.0438 e. The molecule has 2 N–H and O–H groups in total. The fraction of sp³-hybridized carbons (Fsp3) is 0.385. The number of rotatable bonds is 3. The summed E-state index contributed by atoms with van der Waals surface area (Å²) in [6.45, 7) is 0. The highest BCUT2D eigenvalue weighted by Gasteiger charge is 2.17. The van der Waals surface area contributed by atoms with E-state index in [1.165, 1.54) is 33.2 Å². The molecule has 0 fully saturated rings. The van der Waals surface area contributed by atoms with E-state index in [0.29, 0.717) is 0 Å². The van der Waals surface area contributed by atoms with E-state index < -0.39 is 0 Å². The minimum atomic E-state index is 0.175. The normalized spacial score (nSPS) is 16.8. The third kappa shape index (κ3) is 2.60. The van der Waals surface area contributed by atoms with Crippen LogP contribution in [0.15, 0.2) is 23.6 Å². The monoisotopic (exact) mass is 281 g/mol. The average molecular weight is 281 g/mol. The molecule has 4 heteroatoms. The first-order chi connectivity index (χ1) is 8.33. The molecule has 3 rings (SSSR count). The van der Waals surface area contributed by atoms with Gasteiger partial charge in [0.15, 0.2) is 0 Å². The molecule has 2 aromatic heterocycles. The summed E-state index contributed by atoms with van der Waals surface area (Å²) in [5.74, 6) is 2.45. The van der Waals surface area contributed by atoms with Gasteiger partial charge in [-0.3, -0.25) is 0 Å². The van der Waals surface area contributed by atoms with E-state index >= 15 is 0 Å². The van der Waals surface area contributed by atoms with Crippen LogP contribution in [0, 0.1) is 0 Å². The van der Waals surface area contributed by atoms with Crippen molar-refractivity contribution in [3.8, 4) is 0 Å². The van der Waals surface area contributed by atoms with Crippen molar-refractivity contribution in [3.63, 3.8) is 0 Å². The van der Waals surface area contributed by atoms with Gasteiger partial charge in [0.2, 0.25) is 0 Å². The number of hydrogen-bond donors (Lipinski definition) is 1. The van der Waals surface area contributed by atoms with Crippen molar-refractivity contribution in [2.45, 2.75) is 24.6 Å². The molecule has 0 saturated carbocycles. The first kappa shape index (κ1) is 11.8. The zero-order chi connectivity index (χ0) is 11.7. The Bertz CT molecular complexity index is 463. The molecule has 0 amide bonds. The lowest BCUT2D eigenvalue weighted by atomic mass is 10.1. The second kappa shape index (κ2) is 5.14. The summed E-state index contributed by atoms with van der Waals surface area (Å²) in [6, 6.07) is 6.79. The molecule has 1 unspecified atom stereocenters. The van der Waals surface area contributed by atoms with Gasteiger partial charge in [0.25, 0.3) is 0 Å². The predicted octanol–water partition coefficient (Wildman–Crippen LogP) is 3.84. The maximum atomic E-state index is 6.31. The summed E-state index contributed by atoms with van der Waals surface area (Å²) < 4.78 is 0. The molecule has 0 radical (unpaired) electrons. The highest BCUT2D eigenvalue weighted by atomic mass is 32.2. The summed E-state index contributed by atoms with van der Waals surface area (Å²) in [4.78, 5) is 4.32. The van der Waals surface area contributed by atoms with Crippen LogP contribution in [0.5, 0.6) is 0 Å². The second-order valence-corrected chi connectivity index (χ2v) is 7.60. The molecular formula is C13H15NS3. The quantitative estimate of drug-likeness (QED) is 0.925. The van der Waals surface area contributed by atoms with Crippen LogP contribution >= 0.6 is 34.4 Å². The van der Waals surface area contributed by atoms with Gasteiger partial charge in [-0.2, -0.15) is 11.8 Å². The van der Waals surface area contributed by atoms with Gasteiger partial charge in [-0.25, -0.2) is 0 Å². The molecule has 1 aliphatic heterocycles. The molecule has 0 aliphatic carbocycles.